The molecule has 0 aliphatic carbocycles. The maximum atomic E-state index is 13.0. The zero-order chi connectivity index (χ0) is 25.7. The van der Waals surface area contributed by atoms with Crippen molar-refractivity contribution in [1.29, 1.82) is 0 Å². The van der Waals surface area contributed by atoms with E-state index in [1.54, 1.807) is 6.07 Å². The Bertz CT molecular complexity index is 1230. The Balaban J connectivity index is 1.49. The second-order valence-corrected chi connectivity index (χ2v) is 9.83. The highest BCUT2D eigenvalue weighted by atomic mass is 16.2. The van der Waals surface area contributed by atoms with E-state index in [2.05, 4.69) is 59.0 Å². The number of carbonyl (C=O) groups is 2. The minimum absolute atomic E-state index is 0.172. The number of hydrogen-bond acceptors (Lipinski definition) is 3. The lowest BCUT2D eigenvalue weighted by atomic mass is 10.0. The molecule has 1 aliphatic rings. The van der Waals surface area contributed by atoms with Gasteiger partial charge in [0.25, 0.3) is 5.91 Å². The molecule has 1 fully saturated rings. The van der Waals surface area contributed by atoms with E-state index in [0.717, 1.165) is 54.0 Å². The predicted molar refractivity (Wildman–Crippen MR) is 148 cm³/mol. The van der Waals surface area contributed by atoms with Gasteiger partial charge in [-0.1, -0.05) is 50.2 Å². The molecule has 188 valence electrons. The van der Waals surface area contributed by atoms with Crippen LogP contribution in [0, 0.1) is 13.8 Å². The summed E-state index contributed by atoms with van der Waals surface area (Å²) < 4.78 is 0. The fourth-order valence-corrected chi connectivity index (χ4v) is 4.48. The smallest absolute Gasteiger partial charge is 0.323 e. The van der Waals surface area contributed by atoms with E-state index in [1.165, 1.54) is 5.56 Å². The molecule has 0 saturated carbocycles. The molecule has 0 unspecified atom stereocenters. The number of anilines is 3. The molecule has 1 aliphatic heterocycles. The van der Waals surface area contributed by atoms with E-state index in [9.17, 15) is 9.59 Å². The Morgan fingerprint density at radius 3 is 2.28 bits per heavy atom. The molecule has 3 aromatic rings. The Labute approximate surface area is 214 Å². The van der Waals surface area contributed by atoms with Crippen molar-refractivity contribution in [2.45, 2.75) is 53.0 Å². The maximum absolute atomic E-state index is 13.0. The van der Waals surface area contributed by atoms with Gasteiger partial charge >= 0.3 is 6.03 Å². The van der Waals surface area contributed by atoms with Crippen LogP contribution in [-0.4, -0.2) is 25.0 Å². The zero-order valence-electron chi connectivity index (χ0n) is 21.7. The first-order valence-corrected chi connectivity index (χ1v) is 12.7. The number of hydrogen-bond donors (Lipinski definition) is 3. The van der Waals surface area contributed by atoms with E-state index >= 15 is 0 Å². The van der Waals surface area contributed by atoms with E-state index in [4.69, 9.17) is 0 Å². The summed E-state index contributed by atoms with van der Waals surface area (Å²) in [5.41, 5.74) is 7.32. The summed E-state index contributed by atoms with van der Waals surface area (Å²) in [6.45, 7) is 10.6. The normalized spacial score (nSPS) is 13.1. The lowest BCUT2D eigenvalue weighted by molar-refractivity contribution is 0.0951. The van der Waals surface area contributed by atoms with E-state index < -0.39 is 0 Å². The van der Waals surface area contributed by atoms with Crippen LogP contribution in [0.2, 0.25) is 0 Å². The third kappa shape index (κ3) is 6.06. The highest BCUT2D eigenvalue weighted by Gasteiger charge is 2.19. The fourth-order valence-electron chi connectivity index (χ4n) is 4.48. The third-order valence-corrected chi connectivity index (χ3v) is 6.91. The van der Waals surface area contributed by atoms with Gasteiger partial charge in [0.05, 0.1) is 11.4 Å². The largest absolute Gasteiger partial charge is 0.370 e. The molecule has 1 saturated heterocycles. The summed E-state index contributed by atoms with van der Waals surface area (Å²) in [4.78, 5) is 28.2. The molecule has 0 aromatic heterocycles. The second kappa shape index (κ2) is 11.3. The summed E-state index contributed by atoms with van der Waals surface area (Å²) in [6, 6.07) is 19.4. The van der Waals surface area contributed by atoms with Gasteiger partial charge in [-0.15, -0.1) is 0 Å². The average Bonchev–Trinajstić information content (AvgIpc) is 3.40. The molecule has 0 bridgehead atoms. The van der Waals surface area contributed by atoms with Crippen LogP contribution in [0.3, 0.4) is 0 Å². The predicted octanol–water partition coefficient (Wildman–Crippen LogP) is 6.60. The van der Waals surface area contributed by atoms with Crippen LogP contribution in [0.4, 0.5) is 21.9 Å². The van der Waals surface area contributed by atoms with Gasteiger partial charge in [0, 0.05) is 30.9 Å². The van der Waals surface area contributed by atoms with Crippen molar-refractivity contribution in [3.05, 3.63) is 88.5 Å². The van der Waals surface area contributed by atoms with Gasteiger partial charge in [0.1, 0.15) is 0 Å². The van der Waals surface area contributed by atoms with Crippen LogP contribution >= 0.6 is 0 Å². The van der Waals surface area contributed by atoms with Crippen molar-refractivity contribution in [2.24, 2.45) is 0 Å². The van der Waals surface area contributed by atoms with Crippen molar-refractivity contribution < 1.29 is 9.59 Å². The summed E-state index contributed by atoms with van der Waals surface area (Å²) in [5, 5.41) is 8.96. The topological polar surface area (TPSA) is 73.5 Å². The number of aryl methyl sites for hydroxylation is 1. The third-order valence-electron chi connectivity index (χ3n) is 6.91. The first kappa shape index (κ1) is 25.3. The fraction of sp³-hybridized carbons (Fsp3) is 0.333. The Hall–Kier alpha value is -3.80. The van der Waals surface area contributed by atoms with Crippen LogP contribution in [0.25, 0.3) is 0 Å². The molecule has 0 spiro atoms. The number of nitrogens with zero attached hydrogens (tertiary/aromatic N) is 1. The summed E-state index contributed by atoms with van der Waals surface area (Å²) in [6.07, 6.45) is 2.23. The van der Waals surface area contributed by atoms with Crippen LogP contribution in [0.1, 0.15) is 65.2 Å². The highest BCUT2D eigenvalue weighted by Crippen LogP contribution is 2.30. The van der Waals surface area contributed by atoms with Gasteiger partial charge in [0.15, 0.2) is 0 Å². The first-order valence-electron chi connectivity index (χ1n) is 12.7. The number of benzene rings is 3. The first-order chi connectivity index (χ1) is 17.3. The van der Waals surface area contributed by atoms with Crippen molar-refractivity contribution >= 4 is 29.0 Å². The number of amides is 3. The van der Waals surface area contributed by atoms with Gasteiger partial charge in [-0.3, -0.25) is 4.79 Å². The summed E-state index contributed by atoms with van der Waals surface area (Å²) in [5.74, 6) is 0.301. The monoisotopic (exact) mass is 484 g/mol. The molecule has 3 N–H and O–H groups in total. The second-order valence-electron chi connectivity index (χ2n) is 9.83. The Morgan fingerprint density at radius 2 is 1.58 bits per heavy atom. The number of nitrogens with one attached hydrogen (secondary N) is 3. The van der Waals surface area contributed by atoms with E-state index in [0.29, 0.717) is 23.7 Å². The molecule has 6 nitrogen and oxygen atoms in total. The molecular formula is C30H36N4O2. The van der Waals surface area contributed by atoms with Gasteiger partial charge in [0.2, 0.25) is 0 Å². The highest BCUT2D eigenvalue weighted by molar-refractivity contribution is 6.04. The van der Waals surface area contributed by atoms with Gasteiger partial charge < -0.3 is 20.9 Å². The van der Waals surface area contributed by atoms with Crippen LogP contribution < -0.4 is 20.9 Å². The minimum atomic E-state index is -0.327. The molecular weight excluding hydrogens is 448 g/mol. The van der Waals surface area contributed by atoms with Crippen molar-refractivity contribution in [2.75, 3.05) is 28.6 Å². The lowest BCUT2D eigenvalue weighted by Crippen LogP contribution is -2.26. The summed E-state index contributed by atoms with van der Waals surface area (Å²) >= 11 is 0. The SMILES string of the molecule is Cc1cccc(NC(=O)Nc2cc(C(=O)NCc3ccc(C(C)C)cc3)ccc2N2CCCC2)c1C. The number of urea groups is 1. The van der Waals surface area contributed by atoms with Gasteiger partial charge in [-0.25, -0.2) is 4.79 Å². The van der Waals surface area contributed by atoms with E-state index in [1.807, 2.05) is 44.2 Å². The van der Waals surface area contributed by atoms with Crippen LogP contribution in [-0.2, 0) is 6.54 Å². The molecule has 6 heteroatoms. The Kier molecular flexibility index (Phi) is 7.93. The molecule has 3 aromatic carbocycles. The van der Waals surface area contributed by atoms with Crippen molar-refractivity contribution in [3.63, 3.8) is 0 Å². The minimum Gasteiger partial charge on any atom is -0.370 e. The van der Waals surface area contributed by atoms with Crippen molar-refractivity contribution in [1.82, 2.24) is 5.32 Å². The molecule has 4 rings (SSSR count). The molecule has 0 atom stereocenters. The molecule has 0 radical (unpaired) electrons. The van der Waals surface area contributed by atoms with Crippen LogP contribution in [0.5, 0.6) is 0 Å². The Morgan fingerprint density at radius 1 is 0.889 bits per heavy atom. The molecule has 3 amide bonds. The molecule has 1 heterocycles. The van der Waals surface area contributed by atoms with Crippen LogP contribution in [0.15, 0.2) is 60.7 Å². The maximum Gasteiger partial charge on any atom is 0.323 e. The van der Waals surface area contributed by atoms with Gasteiger partial charge in [-0.05, 0) is 79.1 Å². The van der Waals surface area contributed by atoms with Crippen molar-refractivity contribution in [3.8, 4) is 0 Å². The molecule has 36 heavy (non-hydrogen) atoms. The number of carbonyl (C=O) groups excluding carboxylic acids is 2. The van der Waals surface area contributed by atoms with Gasteiger partial charge in [-0.2, -0.15) is 0 Å². The zero-order valence-corrected chi connectivity index (χ0v) is 21.7. The standard InChI is InChI=1S/C30H36N4O2/c1-20(2)24-12-10-23(11-13-24)19-31-29(35)25-14-15-28(34-16-5-6-17-34)27(18-25)33-30(36)32-26-9-7-8-21(3)22(26)4/h7-15,18,20H,5-6,16-17,19H2,1-4H3,(H,31,35)(H2,32,33,36). The summed E-state index contributed by atoms with van der Waals surface area (Å²) in [7, 11) is 0. The van der Waals surface area contributed by atoms with E-state index in [-0.39, 0.29) is 11.9 Å². The quantitative estimate of drug-likeness (QED) is 0.354. The average molecular weight is 485 g/mol. The number of rotatable bonds is 7. The lowest BCUT2D eigenvalue weighted by Gasteiger charge is -2.22.